The number of hydrogen-bond acceptors (Lipinski definition) is 15. The Labute approximate surface area is 581 Å². The van der Waals surface area contributed by atoms with Crippen molar-refractivity contribution in [2.45, 2.75) is 413 Å². The van der Waals surface area contributed by atoms with Crippen molar-refractivity contribution < 1.29 is 80.2 Å². The molecule has 0 bridgehead atoms. The second-order valence-electron chi connectivity index (χ2n) is 27.9. The SMILES string of the molecule is CCCCCCCCCCCCCCCCCCC(=O)O[C@H](COC(=O)CCCCCCCCCCCCC(C)CC)COP(=O)(O)OC[C@@H](O)COP(=O)(O)OC[C@@H](COC(=O)CCCCCCCCCCC(C)CC)OC(=O)CCCCCCCCCCCCCCC. The van der Waals surface area contributed by atoms with Gasteiger partial charge < -0.3 is 33.8 Å². The summed E-state index contributed by atoms with van der Waals surface area (Å²) in [7, 11) is -9.91. The zero-order valence-electron chi connectivity index (χ0n) is 62.0. The minimum atomic E-state index is -4.96. The van der Waals surface area contributed by atoms with Gasteiger partial charge in [-0.05, 0) is 37.5 Å². The molecule has 7 atom stereocenters. The molecule has 0 radical (unpaired) electrons. The lowest BCUT2D eigenvalue weighted by molar-refractivity contribution is -0.161. The van der Waals surface area contributed by atoms with Crippen LogP contribution in [0.2, 0.25) is 0 Å². The van der Waals surface area contributed by atoms with Gasteiger partial charge in [0.1, 0.15) is 19.3 Å². The van der Waals surface area contributed by atoms with Crippen molar-refractivity contribution in [3.63, 3.8) is 0 Å². The van der Waals surface area contributed by atoms with Crippen LogP contribution < -0.4 is 0 Å². The first-order valence-corrected chi connectivity index (χ1v) is 42.6. The predicted octanol–water partition coefficient (Wildman–Crippen LogP) is 22.3. The summed E-state index contributed by atoms with van der Waals surface area (Å²) in [6, 6.07) is 0. The highest BCUT2D eigenvalue weighted by Crippen LogP contribution is 2.45. The summed E-state index contributed by atoms with van der Waals surface area (Å²) in [5.74, 6) is -0.526. The average Bonchev–Trinajstić information content (AvgIpc) is 1.51. The van der Waals surface area contributed by atoms with Crippen molar-refractivity contribution in [1.29, 1.82) is 0 Å². The number of ether oxygens (including phenoxy) is 4. The quantitative estimate of drug-likeness (QED) is 0.0222. The van der Waals surface area contributed by atoms with Crippen molar-refractivity contribution >= 4 is 39.5 Å². The van der Waals surface area contributed by atoms with Crippen LogP contribution in [0.15, 0.2) is 0 Å². The number of phosphoric acid groups is 2. The van der Waals surface area contributed by atoms with Crippen LogP contribution >= 0.6 is 15.6 Å². The van der Waals surface area contributed by atoms with Crippen molar-refractivity contribution in [2.24, 2.45) is 11.8 Å². The van der Waals surface area contributed by atoms with Gasteiger partial charge in [0, 0.05) is 25.7 Å². The Hall–Kier alpha value is -1.94. The number of carbonyl (C=O) groups excluding carboxylic acids is 4. The molecule has 17 nitrogen and oxygen atoms in total. The lowest BCUT2D eigenvalue weighted by Crippen LogP contribution is -2.30. The Morgan fingerprint density at radius 3 is 0.747 bits per heavy atom. The molecule has 0 amide bonds. The summed E-state index contributed by atoms with van der Waals surface area (Å²) < 4.78 is 68.6. The first-order chi connectivity index (χ1) is 45.9. The van der Waals surface area contributed by atoms with Gasteiger partial charge in [-0.25, -0.2) is 9.13 Å². The smallest absolute Gasteiger partial charge is 0.462 e. The van der Waals surface area contributed by atoms with Crippen LogP contribution in [0, 0.1) is 11.8 Å². The van der Waals surface area contributed by atoms with Gasteiger partial charge in [-0.1, -0.05) is 343 Å². The summed E-state index contributed by atoms with van der Waals surface area (Å²) in [6.45, 7) is 9.64. The maximum Gasteiger partial charge on any atom is 0.472 e. The number of phosphoric ester groups is 2. The summed E-state index contributed by atoms with van der Waals surface area (Å²) in [5.41, 5.74) is 0. The molecule has 0 aliphatic rings. The van der Waals surface area contributed by atoms with Crippen LogP contribution in [0.3, 0.4) is 0 Å². The van der Waals surface area contributed by atoms with Gasteiger partial charge in [-0.15, -0.1) is 0 Å². The van der Waals surface area contributed by atoms with Crippen LogP contribution in [0.25, 0.3) is 0 Å². The maximum atomic E-state index is 13.1. The van der Waals surface area contributed by atoms with Gasteiger partial charge in [-0.3, -0.25) is 37.3 Å². The Balaban J connectivity index is 5.27. The minimum Gasteiger partial charge on any atom is -0.462 e. The van der Waals surface area contributed by atoms with Crippen molar-refractivity contribution in [1.82, 2.24) is 0 Å². The number of aliphatic hydroxyl groups is 1. The van der Waals surface area contributed by atoms with Crippen molar-refractivity contribution in [3.05, 3.63) is 0 Å². The highest BCUT2D eigenvalue weighted by atomic mass is 31.2. The number of esters is 4. The second kappa shape index (κ2) is 67.9. The molecule has 19 heteroatoms. The second-order valence-corrected chi connectivity index (χ2v) is 30.8. The topological polar surface area (TPSA) is 237 Å². The molecule has 0 aliphatic heterocycles. The summed E-state index contributed by atoms with van der Waals surface area (Å²) in [4.78, 5) is 72.9. The molecule has 0 aromatic carbocycles. The Morgan fingerprint density at radius 2 is 0.505 bits per heavy atom. The predicted molar refractivity (Wildman–Crippen MR) is 386 cm³/mol. The highest BCUT2D eigenvalue weighted by Gasteiger charge is 2.30. The summed E-state index contributed by atoms with van der Waals surface area (Å²) in [6.07, 6.45) is 55.2. The van der Waals surface area contributed by atoms with E-state index in [2.05, 4.69) is 41.5 Å². The Morgan fingerprint density at radius 1 is 0.295 bits per heavy atom. The van der Waals surface area contributed by atoms with E-state index < -0.39 is 97.5 Å². The fourth-order valence-corrected chi connectivity index (χ4v) is 13.2. The number of rotatable bonds is 75. The maximum absolute atomic E-state index is 13.1. The Bertz CT molecular complexity index is 1840. The molecular weight excluding hydrogens is 1250 g/mol. The molecule has 0 aromatic rings. The third-order valence-electron chi connectivity index (χ3n) is 18.4. The largest absolute Gasteiger partial charge is 0.472 e. The van der Waals surface area contributed by atoms with Gasteiger partial charge in [0.2, 0.25) is 0 Å². The summed E-state index contributed by atoms with van der Waals surface area (Å²) in [5, 5.41) is 10.6. The average molecular weight is 1400 g/mol. The third kappa shape index (κ3) is 67.6. The molecule has 0 aliphatic carbocycles. The van der Waals surface area contributed by atoms with Crippen LogP contribution in [0.1, 0.15) is 395 Å². The normalized spacial score (nSPS) is 14.6. The van der Waals surface area contributed by atoms with E-state index >= 15 is 0 Å². The number of carbonyl (C=O) groups is 4. The molecule has 3 N–H and O–H groups in total. The fraction of sp³-hybridized carbons (Fsp3) is 0.947. The zero-order chi connectivity index (χ0) is 70.0. The standard InChI is InChI=1S/C76H148O17P2/c1-7-11-13-15-17-19-21-23-24-25-27-29-35-43-49-55-61-76(81)92-71(64-86-73(78)58-52-46-40-33-31-30-32-38-44-50-56-68(5)9-3)66-90-94(82,83)88-62-70(77)63-89-95(84,85)91-67-72(65-87-74(79)59-53-47-41-37-36-39-45-51-57-69(6)10-4)93-75(80)60-54-48-42-34-28-26-22-20-18-16-14-12-8-2/h68-72,77H,7-67H2,1-6H3,(H,82,83)(H,84,85)/t68?,69?,70-,71-,72-/m1/s1. The Kier molecular flexibility index (Phi) is 66.5. The van der Waals surface area contributed by atoms with Gasteiger partial charge in [0.25, 0.3) is 0 Å². The molecule has 95 heavy (non-hydrogen) atoms. The number of aliphatic hydroxyl groups excluding tert-OH is 1. The molecule has 0 saturated carbocycles. The lowest BCUT2D eigenvalue weighted by Gasteiger charge is -2.21. The van der Waals surface area contributed by atoms with Gasteiger partial charge in [0.05, 0.1) is 26.4 Å². The van der Waals surface area contributed by atoms with E-state index in [4.69, 9.17) is 37.0 Å². The number of hydrogen-bond donors (Lipinski definition) is 3. The number of unbranched alkanes of at least 4 members (excludes halogenated alkanes) is 43. The highest BCUT2D eigenvalue weighted by molar-refractivity contribution is 7.47. The molecule has 0 rings (SSSR count). The van der Waals surface area contributed by atoms with Crippen LogP contribution in [0.5, 0.6) is 0 Å². The van der Waals surface area contributed by atoms with Crippen LogP contribution in [-0.2, 0) is 65.4 Å². The van der Waals surface area contributed by atoms with Gasteiger partial charge in [0.15, 0.2) is 12.2 Å². The summed E-state index contributed by atoms with van der Waals surface area (Å²) >= 11 is 0. The molecular formula is C76H148O17P2. The first-order valence-electron chi connectivity index (χ1n) is 39.6. The monoisotopic (exact) mass is 1400 g/mol. The van der Waals surface area contributed by atoms with Crippen molar-refractivity contribution in [3.8, 4) is 0 Å². The first kappa shape index (κ1) is 93.1. The molecule has 0 fully saturated rings. The van der Waals surface area contributed by atoms with Gasteiger partial charge in [-0.2, -0.15) is 0 Å². The molecule has 0 saturated heterocycles. The minimum absolute atomic E-state index is 0.107. The molecule has 4 unspecified atom stereocenters. The van der Waals surface area contributed by atoms with E-state index in [9.17, 15) is 43.2 Å². The third-order valence-corrected chi connectivity index (χ3v) is 20.3. The zero-order valence-corrected chi connectivity index (χ0v) is 63.8. The molecule has 564 valence electrons. The van der Waals surface area contributed by atoms with E-state index in [0.29, 0.717) is 25.7 Å². The fourth-order valence-electron chi connectivity index (χ4n) is 11.6. The van der Waals surface area contributed by atoms with Crippen LogP contribution in [0.4, 0.5) is 0 Å². The van der Waals surface area contributed by atoms with E-state index in [-0.39, 0.29) is 25.7 Å². The van der Waals surface area contributed by atoms with Crippen LogP contribution in [-0.4, -0.2) is 96.7 Å². The molecule has 0 spiro atoms. The lowest BCUT2D eigenvalue weighted by atomic mass is 9.99. The van der Waals surface area contributed by atoms with E-state index in [1.807, 2.05) is 0 Å². The van der Waals surface area contributed by atoms with Gasteiger partial charge >= 0.3 is 39.5 Å². The molecule has 0 heterocycles. The van der Waals surface area contributed by atoms with Crippen molar-refractivity contribution in [2.75, 3.05) is 39.6 Å². The van der Waals surface area contributed by atoms with E-state index in [0.717, 1.165) is 102 Å². The molecule has 0 aromatic heterocycles. The van der Waals surface area contributed by atoms with E-state index in [1.54, 1.807) is 0 Å². The van der Waals surface area contributed by atoms with E-state index in [1.165, 1.54) is 212 Å².